The van der Waals surface area contributed by atoms with E-state index in [1.54, 1.807) is 52.1 Å². The van der Waals surface area contributed by atoms with E-state index in [4.69, 9.17) is 11.5 Å². The van der Waals surface area contributed by atoms with Crippen molar-refractivity contribution in [3.63, 3.8) is 0 Å². The predicted molar refractivity (Wildman–Crippen MR) is 320 cm³/mol. The van der Waals surface area contributed by atoms with Crippen LogP contribution in [0.15, 0.2) is 72.2 Å². The summed E-state index contributed by atoms with van der Waals surface area (Å²) in [6.45, 7) is 10.2. The van der Waals surface area contributed by atoms with Gasteiger partial charge in [-0.3, -0.25) is 52.9 Å². The number of imidazole rings is 1. The number of aliphatic hydroxyl groups excluding tert-OH is 1. The molecule has 87 heavy (non-hydrogen) atoms. The standard InChI is InChI=1S/C59H84N16O12/c1-7-63-55(85)46-15-11-23-75(46)57(87)40(14-10-22-64-58(60)61)68-50(80)41(24-32(2)3)72-56(86)48(59(4,5)6)74-53(83)42(25-33-16-18-36(77)19-17-33)69-54(84)45(30-76)73-51(81)43(26-34-28-65-38-13-9-8-12-37(34)38)70-52(82)44(27-35-29-62-31-66-35)71-49(79)39-20-21-47(78)67-39/h8-9,12-13,16-19,28-29,31-32,39-46,48,65,76-77H,7,10-11,14-15,20-27,30H2,1-6H3,(H,62,66)(H,63,85)(H,67,78)(H,68,80)(H,69,84)(H,70,82)(H,71,79)(H,72,86)(H,73,81)(H,74,83)(H4,60,61,64)/t39-,40?,41+,42+,43-,44-,45+,46?,48+/m0/s1. The third-order valence-electron chi connectivity index (χ3n) is 15.0. The van der Waals surface area contributed by atoms with Gasteiger partial charge in [-0.25, -0.2) is 4.98 Å². The minimum absolute atomic E-state index is 0.0821. The number of aromatic nitrogens is 3. The van der Waals surface area contributed by atoms with Crippen LogP contribution in [0.1, 0.15) is 103 Å². The Balaban J connectivity index is 1.23. The molecule has 0 radical (unpaired) electrons. The molecule has 2 aliphatic rings. The SMILES string of the molecule is CCNC(=O)C1CCCN1C(=O)C(CCCN=C(N)N)NC(=O)[C@@H](CC(C)C)NC(=O)[C@@H](NC(=O)[C@@H](Cc1ccc(O)cc1)NC(=O)[C@@H](CO)NC(=O)[C@H](Cc1c[nH]c2ccccc12)NC(=O)[C@H](Cc1cnc[nH]1)NC(=O)[C@@H]1CCC(=O)N1)C(C)(C)C. The molecule has 4 aromatic rings. The van der Waals surface area contributed by atoms with E-state index < -0.39 is 114 Å². The normalized spacial score (nSPS) is 17.3. The molecular formula is C59H84N16O12. The molecule has 2 unspecified atom stereocenters. The van der Waals surface area contributed by atoms with Crippen LogP contribution in [0.3, 0.4) is 0 Å². The lowest BCUT2D eigenvalue weighted by Gasteiger charge is -2.34. The number of nitrogens with two attached hydrogens (primary N) is 2. The summed E-state index contributed by atoms with van der Waals surface area (Å²) in [5.41, 5.74) is 12.2. The van der Waals surface area contributed by atoms with Gasteiger partial charge in [0.1, 0.15) is 60.1 Å². The molecule has 6 rings (SSSR count). The number of hydrogen-bond acceptors (Lipinski definition) is 14. The molecule has 2 aromatic carbocycles. The second kappa shape index (κ2) is 31.4. The number of carbonyl (C=O) groups excluding carboxylic acids is 10. The van der Waals surface area contributed by atoms with Crippen molar-refractivity contribution in [2.45, 2.75) is 160 Å². The number of para-hydroxylation sites is 1. The fourth-order valence-corrected chi connectivity index (χ4v) is 10.4. The quantitative estimate of drug-likeness (QED) is 0.0162. The molecule has 10 amide bonds. The van der Waals surface area contributed by atoms with Crippen LogP contribution in [-0.4, -0.2) is 176 Å². The number of carbonyl (C=O) groups is 10. The van der Waals surface area contributed by atoms with Crippen molar-refractivity contribution in [2.24, 2.45) is 27.8 Å². The smallest absolute Gasteiger partial charge is 0.245 e. The van der Waals surface area contributed by atoms with Crippen LogP contribution in [0.2, 0.25) is 0 Å². The van der Waals surface area contributed by atoms with E-state index in [2.05, 4.69) is 67.8 Å². The van der Waals surface area contributed by atoms with Gasteiger partial charge in [-0.15, -0.1) is 0 Å². The molecule has 28 heteroatoms. The maximum atomic E-state index is 14.8. The highest BCUT2D eigenvalue weighted by atomic mass is 16.3. The summed E-state index contributed by atoms with van der Waals surface area (Å²) >= 11 is 0. The lowest BCUT2D eigenvalue weighted by Crippen LogP contribution is -2.63. The maximum absolute atomic E-state index is 14.8. The number of amides is 10. The lowest BCUT2D eigenvalue weighted by atomic mass is 9.85. The molecule has 2 aromatic heterocycles. The number of guanidine groups is 1. The number of H-pyrrole nitrogens is 2. The number of fused-ring (bicyclic) bond motifs is 1. The number of nitrogens with one attached hydrogen (secondary N) is 11. The number of phenolic OH excluding ortho intramolecular Hbond substituents is 1. The Labute approximate surface area is 504 Å². The number of rotatable bonds is 30. The summed E-state index contributed by atoms with van der Waals surface area (Å²) in [6.07, 6.45) is 5.71. The molecule has 9 atom stereocenters. The molecule has 0 saturated carbocycles. The topological polar surface area (TPSA) is 432 Å². The van der Waals surface area contributed by atoms with Gasteiger partial charge in [0.15, 0.2) is 5.96 Å². The fraction of sp³-hybridized carbons (Fsp3) is 0.525. The molecule has 2 saturated heterocycles. The number of phenols is 1. The predicted octanol–water partition coefficient (Wildman–Crippen LogP) is -1.44. The van der Waals surface area contributed by atoms with Gasteiger partial charge in [0, 0.05) is 74.3 Å². The molecule has 4 heterocycles. The highest BCUT2D eigenvalue weighted by molar-refractivity contribution is 5.99. The minimum atomic E-state index is -1.76. The summed E-state index contributed by atoms with van der Waals surface area (Å²) in [7, 11) is 0. The van der Waals surface area contributed by atoms with Gasteiger partial charge in [-0.1, -0.05) is 65.0 Å². The Bertz CT molecular complexity index is 3080. The minimum Gasteiger partial charge on any atom is -0.508 e. The van der Waals surface area contributed by atoms with Crippen LogP contribution in [0, 0.1) is 11.3 Å². The number of nitrogens with zero attached hydrogens (tertiary/aromatic N) is 3. The molecule has 28 nitrogen and oxygen atoms in total. The molecular weight excluding hydrogens is 1120 g/mol. The summed E-state index contributed by atoms with van der Waals surface area (Å²) < 4.78 is 0. The average Bonchev–Trinajstić information content (AvgIpc) is 2.84. The molecule has 2 fully saturated rings. The third kappa shape index (κ3) is 19.5. The van der Waals surface area contributed by atoms with Gasteiger partial charge >= 0.3 is 0 Å². The Hall–Kier alpha value is -9.08. The van der Waals surface area contributed by atoms with Crippen LogP contribution >= 0.6 is 0 Å². The highest BCUT2D eigenvalue weighted by Gasteiger charge is 2.41. The summed E-state index contributed by atoms with van der Waals surface area (Å²) in [6, 6.07) is 1.42. The number of aromatic amines is 2. The van der Waals surface area contributed by atoms with E-state index >= 15 is 0 Å². The Morgan fingerprint density at radius 1 is 0.747 bits per heavy atom. The van der Waals surface area contributed by atoms with E-state index in [1.807, 2.05) is 19.9 Å². The second-order valence-electron chi connectivity index (χ2n) is 23.4. The van der Waals surface area contributed by atoms with Crippen molar-refractivity contribution in [1.82, 2.24) is 67.7 Å². The van der Waals surface area contributed by atoms with Crippen molar-refractivity contribution in [3.8, 4) is 5.75 Å². The molecule has 0 spiro atoms. The van der Waals surface area contributed by atoms with E-state index in [1.165, 1.54) is 41.7 Å². The Morgan fingerprint density at radius 2 is 1.37 bits per heavy atom. The summed E-state index contributed by atoms with van der Waals surface area (Å²) in [5.74, 6) is -7.42. The van der Waals surface area contributed by atoms with E-state index in [0.717, 1.165) is 5.52 Å². The number of benzene rings is 2. The first-order valence-corrected chi connectivity index (χ1v) is 29.3. The van der Waals surface area contributed by atoms with E-state index in [0.29, 0.717) is 41.6 Å². The first-order valence-electron chi connectivity index (χ1n) is 29.3. The summed E-state index contributed by atoms with van der Waals surface area (Å²) in [4.78, 5) is 155. The zero-order chi connectivity index (χ0) is 63.5. The molecule has 2 aliphatic heterocycles. The zero-order valence-electron chi connectivity index (χ0n) is 50.0. The van der Waals surface area contributed by atoms with Crippen molar-refractivity contribution < 1.29 is 58.2 Å². The van der Waals surface area contributed by atoms with Crippen LogP contribution in [0.5, 0.6) is 5.75 Å². The Kier molecular flexibility index (Phi) is 24.2. The van der Waals surface area contributed by atoms with Gasteiger partial charge in [-0.05, 0) is 86.1 Å². The molecule has 0 aliphatic carbocycles. The van der Waals surface area contributed by atoms with Crippen LogP contribution in [-0.2, 0) is 67.2 Å². The highest BCUT2D eigenvalue weighted by Crippen LogP contribution is 2.24. The van der Waals surface area contributed by atoms with Crippen molar-refractivity contribution in [2.75, 3.05) is 26.2 Å². The molecule has 0 bridgehead atoms. The number of likely N-dealkylation sites (N-methyl/N-ethyl adjacent to an activating group) is 1. The van der Waals surface area contributed by atoms with Gasteiger partial charge in [0.25, 0.3) is 0 Å². The van der Waals surface area contributed by atoms with Gasteiger partial charge in [0.2, 0.25) is 59.1 Å². The largest absolute Gasteiger partial charge is 0.508 e. The number of aliphatic imine (C=N–C) groups is 1. The van der Waals surface area contributed by atoms with Crippen molar-refractivity contribution in [1.29, 1.82) is 0 Å². The van der Waals surface area contributed by atoms with Crippen molar-refractivity contribution >= 4 is 75.9 Å². The zero-order valence-corrected chi connectivity index (χ0v) is 50.0. The van der Waals surface area contributed by atoms with Gasteiger partial charge < -0.3 is 84.4 Å². The van der Waals surface area contributed by atoms with Crippen LogP contribution in [0.25, 0.3) is 10.9 Å². The average molecular weight is 1210 g/mol. The first-order chi connectivity index (χ1) is 41.3. The monoisotopic (exact) mass is 1210 g/mol. The number of aromatic hydroxyl groups is 1. The van der Waals surface area contributed by atoms with E-state index in [-0.39, 0.29) is 93.9 Å². The lowest BCUT2D eigenvalue weighted by molar-refractivity contribution is -0.142. The maximum Gasteiger partial charge on any atom is 0.245 e. The van der Waals surface area contributed by atoms with E-state index in [9.17, 15) is 58.2 Å². The van der Waals surface area contributed by atoms with Crippen molar-refractivity contribution in [3.05, 3.63) is 84.1 Å². The number of hydrogen-bond donors (Lipinski definition) is 15. The first kappa shape index (κ1) is 67.1. The second-order valence-corrected chi connectivity index (χ2v) is 23.4. The number of aliphatic hydroxyl groups is 1. The third-order valence-corrected chi connectivity index (χ3v) is 15.0. The van der Waals surface area contributed by atoms with Crippen LogP contribution < -0.4 is 59.3 Å². The summed E-state index contributed by atoms with van der Waals surface area (Å²) in [5, 5.41) is 45.9. The van der Waals surface area contributed by atoms with Gasteiger partial charge in [0.05, 0.1) is 12.9 Å². The van der Waals surface area contributed by atoms with Crippen LogP contribution in [0.4, 0.5) is 0 Å². The Morgan fingerprint density at radius 3 is 1.99 bits per heavy atom. The molecule has 472 valence electrons. The molecule has 17 N–H and O–H groups in total. The number of likely N-dealkylation sites (tertiary alicyclic amines) is 1. The fourth-order valence-electron chi connectivity index (χ4n) is 10.4. The van der Waals surface area contributed by atoms with Gasteiger partial charge in [-0.2, -0.15) is 0 Å².